The molecule has 0 fully saturated rings. The molecule has 0 unspecified atom stereocenters. The molecule has 5 heteroatoms. The van der Waals surface area contributed by atoms with E-state index in [-0.39, 0.29) is 18.6 Å². The van der Waals surface area contributed by atoms with Crippen LogP contribution in [0.3, 0.4) is 0 Å². The summed E-state index contributed by atoms with van der Waals surface area (Å²) < 4.78 is 10.6. The Morgan fingerprint density at radius 1 is 1.11 bits per heavy atom. The summed E-state index contributed by atoms with van der Waals surface area (Å²) in [6.07, 6.45) is 3.52. The van der Waals surface area contributed by atoms with Gasteiger partial charge < -0.3 is 20.1 Å². The lowest BCUT2D eigenvalue weighted by atomic mass is 10.2. The average Bonchev–Trinajstić information content (AvgIpc) is 2.34. The molecule has 0 atom stereocenters. The fourth-order valence-electron chi connectivity index (χ4n) is 1.34. The van der Waals surface area contributed by atoms with E-state index in [0.717, 1.165) is 19.6 Å². The van der Waals surface area contributed by atoms with Crippen LogP contribution in [-0.4, -0.2) is 52.0 Å². The van der Waals surface area contributed by atoms with E-state index in [0.29, 0.717) is 13.2 Å². The van der Waals surface area contributed by atoms with Crippen molar-refractivity contribution < 1.29 is 14.3 Å². The Morgan fingerprint density at radius 3 is 2.56 bits per heavy atom. The van der Waals surface area contributed by atoms with Crippen LogP contribution in [0.15, 0.2) is 0 Å². The topological polar surface area (TPSA) is 59.6 Å². The maximum absolute atomic E-state index is 11.3. The van der Waals surface area contributed by atoms with Crippen LogP contribution in [0.5, 0.6) is 0 Å². The second-order valence-corrected chi connectivity index (χ2v) is 4.49. The summed E-state index contributed by atoms with van der Waals surface area (Å²) in [7, 11) is 1.96. The van der Waals surface area contributed by atoms with Gasteiger partial charge in [0.25, 0.3) is 0 Å². The van der Waals surface area contributed by atoms with Crippen LogP contribution >= 0.6 is 0 Å². The Morgan fingerprint density at radius 2 is 1.89 bits per heavy atom. The van der Waals surface area contributed by atoms with Gasteiger partial charge in [-0.15, -0.1) is 0 Å². The highest BCUT2D eigenvalue weighted by atomic mass is 16.5. The van der Waals surface area contributed by atoms with Crippen LogP contribution in [0, 0.1) is 0 Å². The lowest BCUT2D eigenvalue weighted by molar-refractivity contribution is -0.127. The van der Waals surface area contributed by atoms with Gasteiger partial charge in [0.1, 0.15) is 6.61 Å². The number of nitrogens with one attached hydrogen (secondary N) is 2. The molecule has 0 aromatic carbocycles. The molecule has 1 amide bonds. The van der Waals surface area contributed by atoms with E-state index in [1.54, 1.807) is 0 Å². The van der Waals surface area contributed by atoms with Crippen molar-refractivity contribution in [1.82, 2.24) is 10.6 Å². The van der Waals surface area contributed by atoms with Crippen molar-refractivity contribution in [2.24, 2.45) is 0 Å². The molecular formula is C13H28N2O3. The monoisotopic (exact) mass is 260 g/mol. The maximum atomic E-state index is 11.3. The molecule has 108 valence electrons. The van der Waals surface area contributed by atoms with Gasteiger partial charge in [-0.05, 0) is 46.7 Å². The molecule has 0 aliphatic rings. The summed E-state index contributed by atoms with van der Waals surface area (Å²) in [4.78, 5) is 11.3. The maximum Gasteiger partial charge on any atom is 0.246 e. The van der Waals surface area contributed by atoms with Crippen LogP contribution < -0.4 is 10.6 Å². The van der Waals surface area contributed by atoms with Crippen molar-refractivity contribution in [3.63, 3.8) is 0 Å². The highest BCUT2D eigenvalue weighted by Crippen LogP contribution is 1.94. The minimum absolute atomic E-state index is 0.0821. The number of unbranched alkanes of at least 4 members (excludes halogenated alkanes) is 2. The van der Waals surface area contributed by atoms with Crippen LogP contribution in [0.1, 0.15) is 33.1 Å². The van der Waals surface area contributed by atoms with Crippen LogP contribution in [-0.2, 0) is 14.3 Å². The fraction of sp³-hybridized carbons (Fsp3) is 0.923. The van der Waals surface area contributed by atoms with Gasteiger partial charge in [0.15, 0.2) is 0 Å². The minimum atomic E-state index is -0.0821. The second-order valence-electron chi connectivity index (χ2n) is 4.49. The number of amides is 1. The summed E-state index contributed by atoms with van der Waals surface area (Å²) in [5.74, 6) is -0.0821. The summed E-state index contributed by atoms with van der Waals surface area (Å²) in [5.41, 5.74) is 0. The van der Waals surface area contributed by atoms with E-state index in [1.807, 2.05) is 20.9 Å². The zero-order chi connectivity index (χ0) is 13.6. The first kappa shape index (κ1) is 17.4. The van der Waals surface area contributed by atoms with E-state index < -0.39 is 0 Å². The molecule has 0 aromatic rings. The SMILES string of the molecule is CNCCCCCOCCNC(=O)COC(C)C. The van der Waals surface area contributed by atoms with Gasteiger partial charge in [-0.25, -0.2) is 0 Å². The molecule has 0 heterocycles. The number of rotatable bonds is 12. The Labute approximate surface area is 111 Å². The molecule has 0 aliphatic heterocycles. The quantitative estimate of drug-likeness (QED) is 0.513. The first-order valence-corrected chi connectivity index (χ1v) is 6.77. The molecule has 0 saturated heterocycles. The molecule has 0 bridgehead atoms. The van der Waals surface area contributed by atoms with Gasteiger partial charge in [-0.3, -0.25) is 4.79 Å². The summed E-state index contributed by atoms with van der Waals surface area (Å²) in [6.45, 7) is 6.89. The molecule has 0 aromatic heterocycles. The molecule has 18 heavy (non-hydrogen) atoms. The number of carbonyl (C=O) groups excluding carboxylic acids is 1. The Kier molecular flexibility index (Phi) is 12.3. The number of carbonyl (C=O) groups is 1. The Bertz CT molecular complexity index is 199. The number of hydrogen-bond acceptors (Lipinski definition) is 4. The molecule has 0 rings (SSSR count). The number of ether oxygens (including phenoxy) is 2. The normalized spacial score (nSPS) is 10.9. The first-order valence-electron chi connectivity index (χ1n) is 6.77. The summed E-state index contributed by atoms with van der Waals surface area (Å²) >= 11 is 0. The highest BCUT2D eigenvalue weighted by molar-refractivity contribution is 5.77. The first-order chi connectivity index (χ1) is 8.66. The highest BCUT2D eigenvalue weighted by Gasteiger charge is 2.01. The summed E-state index contributed by atoms with van der Waals surface area (Å²) in [6, 6.07) is 0. The van der Waals surface area contributed by atoms with Gasteiger partial charge >= 0.3 is 0 Å². The van der Waals surface area contributed by atoms with E-state index in [1.165, 1.54) is 12.8 Å². The van der Waals surface area contributed by atoms with Crippen molar-refractivity contribution in [2.45, 2.75) is 39.2 Å². The molecule has 0 radical (unpaired) electrons. The zero-order valence-electron chi connectivity index (χ0n) is 12.0. The largest absolute Gasteiger partial charge is 0.380 e. The Hall–Kier alpha value is -0.650. The van der Waals surface area contributed by atoms with Crippen LogP contribution in [0.4, 0.5) is 0 Å². The van der Waals surface area contributed by atoms with Crippen LogP contribution in [0.2, 0.25) is 0 Å². The van der Waals surface area contributed by atoms with Gasteiger partial charge in [-0.1, -0.05) is 0 Å². The van der Waals surface area contributed by atoms with Gasteiger partial charge in [0, 0.05) is 13.2 Å². The third-order valence-corrected chi connectivity index (χ3v) is 2.33. The molecule has 0 aliphatic carbocycles. The average molecular weight is 260 g/mol. The van der Waals surface area contributed by atoms with Gasteiger partial charge in [0.2, 0.25) is 5.91 Å². The summed E-state index contributed by atoms with van der Waals surface area (Å²) in [5, 5.41) is 5.86. The van der Waals surface area contributed by atoms with Crippen molar-refractivity contribution >= 4 is 5.91 Å². The van der Waals surface area contributed by atoms with Crippen molar-refractivity contribution in [1.29, 1.82) is 0 Å². The smallest absolute Gasteiger partial charge is 0.246 e. The zero-order valence-corrected chi connectivity index (χ0v) is 12.0. The molecular weight excluding hydrogens is 232 g/mol. The van der Waals surface area contributed by atoms with Gasteiger partial charge in [-0.2, -0.15) is 0 Å². The van der Waals surface area contributed by atoms with Gasteiger partial charge in [0.05, 0.1) is 12.7 Å². The predicted molar refractivity (Wildman–Crippen MR) is 72.7 cm³/mol. The molecule has 2 N–H and O–H groups in total. The van der Waals surface area contributed by atoms with Crippen molar-refractivity contribution in [2.75, 3.05) is 40.0 Å². The fourth-order valence-corrected chi connectivity index (χ4v) is 1.34. The van der Waals surface area contributed by atoms with Crippen LogP contribution in [0.25, 0.3) is 0 Å². The molecule has 0 saturated carbocycles. The van der Waals surface area contributed by atoms with E-state index in [4.69, 9.17) is 9.47 Å². The third-order valence-electron chi connectivity index (χ3n) is 2.33. The molecule has 0 spiro atoms. The minimum Gasteiger partial charge on any atom is -0.380 e. The standard InChI is InChI=1S/C13H28N2O3/c1-12(2)18-11-13(16)15-8-10-17-9-6-4-5-7-14-3/h12,14H,4-11H2,1-3H3,(H,15,16). The molecule has 5 nitrogen and oxygen atoms in total. The number of hydrogen-bond donors (Lipinski definition) is 2. The third kappa shape index (κ3) is 13.4. The second kappa shape index (κ2) is 12.8. The van der Waals surface area contributed by atoms with E-state index >= 15 is 0 Å². The van der Waals surface area contributed by atoms with Crippen molar-refractivity contribution in [3.8, 4) is 0 Å². The lowest BCUT2D eigenvalue weighted by Crippen LogP contribution is -2.31. The predicted octanol–water partition coefficient (Wildman–Crippen LogP) is 0.934. The van der Waals surface area contributed by atoms with Crippen molar-refractivity contribution in [3.05, 3.63) is 0 Å². The lowest BCUT2D eigenvalue weighted by Gasteiger charge is -2.08. The van der Waals surface area contributed by atoms with E-state index in [9.17, 15) is 4.79 Å². The van der Waals surface area contributed by atoms with E-state index in [2.05, 4.69) is 10.6 Å². The Balaban J connectivity index is 3.12.